The predicted molar refractivity (Wildman–Crippen MR) is 118 cm³/mol. The van der Waals surface area contributed by atoms with Crippen LogP contribution in [-0.4, -0.2) is 34.2 Å². The number of nitrogens with two attached hydrogens (primary N) is 1. The Morgan fingerprint density at radius 2 is 1.75 bits per heavy atom. The minimum Gasteiger partial charge on any atom is -0.493 e. The highest BCUT2D eigenvalue weighted by Gasteiger charge is 2.29. The van der Waals surface area contributed by atoms with Gasteiger partial charge in [0.2, 0.25) is 0 Å². The third kappa shape index (κ3) is 4.34. The number of halogens is 2. The number of aromatic carboxylic acids is 2. The Morgan fingerprint density at radius 1 is 1.06 bits per heavy atom. The molecule has 11 heteroatoms. The van der Waals surface area contributed by atoms with Crippen LogP contribution in [0.15, 0.2) is 41.2 Å². The molecule has 0 saturated carbocycles. The van der Waals surface area contributed by atoms with Crippen LogP contribution in [0.2, 0.25) is 10.0 Å². The van der Waals surface area contributed by atoms with Gasteiger partial charge in [-0.3, -0.25) is 4.79 Å². The van der Waals surface area contributed by atoms with Crippen molar-refractivity contribution in [2.45, 2.75) is 6.61 Å². The Kier molecular flexibility index (Phi) is 6.61. The maximum absolute atomic E-state index is 12.4. The lowest BCUT2D eigenvalue weighted by Crippen LogP contribution is -2.24. The number of pyridine rings is 1. The summed E-state index contributed by atoms with van der Waals surface area (Å²) in [4.78, 5) is 38.2. The number of aromatic nitrogens is 1. The van der Waals surface area contributed by atoms with Crippen LogP contribution in [0.4, 0.5) is 5.82 Å². The van der Waals surface area contributed by atoms with Crippen molar-refractivity contribution >= 4 is 41.0 Å². The van der Waals surface area contributed by atoms with Gasteiger partial charge in [0.15, 0.2) is 11.5 Å². The second-order valence-electron chi connectivity index (χ2n) is 6.48. The molecule has 32 heavy (non-hydrogen) atoms. The molecule has 0 aliphatic rings. The number of H-pyrrole nitrogens is 1. The molecule has 3 rings (SSSR count). The molecule has 0 fully saturated rings. The summed E-state index contributed by atoms with van der Waals surface area (Å²) in [6.07, 6.45) is 0. The number of nitrogen functional groups attached to an aromatic ring is 1. The first-order chi connectivity index (χ1) is 15.1. The van der Waals surface area contributed by atoms with E-state index in [2.05, 4.69) is 4.98 Å². The number of hydrogen-bond acceptors (Lipinski definition) is 6. The van der Waals surface area contributed by atoms with Crippen molar-refractivity contribution in [2.24, 2.45) is 0 Å². The standard InChI is InChI=1S/C21H16Cl2N2O7/c1-31-13-4-2-3-10(17(13)32-8-9-5-6-11(22)12(23)7-9)14-15(20(27)28)18(24)25-19(26)16(14)21(29)30/h2-7H,8H2,1H3,(H,27,28)(H,29,30)(H3,24,25,26). The first kappa shape index (κ1) is 23.0. The molecule has 166 valence electrons. The highest BCUT2D eigenvalue weighted by molar-refractivity contribution is 6.42. The van der Waals surface area contributed by atoms with Crippen LogP contribution in [0.5, 0.6) is 11.5 Å². The first-order valence-corrected chi connectivity index (χ1v) is 9.67. The molecule has 0 aliphatic carbocycles. The summed E-state index contributed by atoms with van der Waals surface area (Å²) in [7, 11) is 1.35. The van der Waals surface area contributed by atoms with Crippen molar-refractivity contribution in [1.29, 1.82) is 0 Å². The van der Waals surface area contributed by atoms with Gasteiger partial charge in [-0.05, 0) is 23.8 Å². The topological polar surface area (TPSA) is 152 Å². The SMILES string of the molecule is COc1cccc(-c2c(C(=O)O)c(N)[nH]c(=O)c2C(=O)O)c1OCc1ccc(Cl)c(Cl)c1. The largest absolute Gasteiger partial charge is 0.493 e. The molecule has 0 radical (unpaired) electrons. The molecule has 0 atom stereocenters. The lowest BCUT2D eigenvalue weighted by Gasteiger charge is -2.18. The molecule has 0 spiro atoms. The molecule has 3 aromatic rings. The van der Waals surface area contributed by atoms with Gasteiger partial charge in [0.05, 0.1) is 17.2 Å². The Hall–Kier alpha value is -3.69. The van der Waals surface area contributed by atoms with Gasteiger partial charge in [-0.15, -0.1) is 0 Å². The van der Waals surface area contributed by atoms with Gasteiger partial charge in [-0.2, -0.15) is 0 Å². The molecule has 2 aromatic carbocycles. The molecule has 1 aromatic heterocycles. The van der Waals surface area contributed by atoms with E-state index < -0.39 is 40.0 Å². The van der Waals surface area contributed by atoms with Crippen LogP contribution < -0.4 is 20.8 Å². The van der Waals surface area contributed by atoms with E-state index in [4.69, 9.17) is 38.4 Å². The zero-order chi connectivity index (χ0) is 23.6. The van der Waals surface area contributed by atoms with E-state index in [0.717, 1.165) is 0 Å². The van der Waals surface area contributed by atoms with Gasteiger partial charge in [-0.25, -0.2) is 9.59 Å². The number of carboxylic acids is 2. The van der Waals surface area contributed by atoms with E-state index in [1.807, 2.05) is 0 Å². The fourth-order valence-electron chi connectivity index (χ4n) is 3.12. The number of rotatable bonds is 7. The fourth-order valence-corrected chi connectivity index (χ4v) is 3.44. The zero-order valence-electron chi connectivity index (χ0n) is 16.4. The van der Waals surface area contributed by atoms with Gasteiger partial charge in [0.1, 0.15) is 23.6 Å². The fraction of sp³-hybridized carbons (Fsp3) is 0.0952. The summed E-state index contributed by atoms with van der Waals surface area (Å²) < 4.78 is 11.2. The molecule has 9 nitrogen and oxygen atoms in total. The Morgan fingerprint density at radius 3 is 2.34 bits per heavy atom. The lowest BCUT2D eigenvalue weighted by molar-refractivity contribution is 0.0695. The average Bonchev–Trinajstić information content (AvgIpc) is 2.73. The maximum atomic E-state index is 12.4. The van der Waals surface area contributed by atoms with Crippen molar-refractivity contribution in [3.8, 4) is 22.6 Å². The van der Waals surface area contributed by atoms with Crippen LogP contribution in [0.25, 0.3) is 11.1 Å². The van der Waals surface area contributed by atoms with Gasteiger partial charge >= 0.3 is 11.9 Å². The third-order valence-corrected chi connectivity index (χ3v) is 5.25. The molecule has 0 bridgehead atoms. The van der Waals surface area contributed by atoms with Gasteiger partial charge in [-0.1, -0.05) is 41.4 Å². The molecule has 0 aliphatic heterocycles. The number of ether oxygens (including phenoxy) is 2. The van der Waals surface area contributed by atoms with Crippen LogP contribution >= 0.6 is 23.2 Å². The normalized spacial score (nSPS) is 10.6. The summed E-state index contributed by atoms with van der Waals surface area (Å²) in [6, 6.07) is 9.25. The number of hydrogen-bond donors (Lipinski definition) is 4. The molecule has 0 amide bonds. The minimum absolute atomic E-state index is 0.00277. The van der Waals surface area contributed by atoms with Crippen molar-refractivity contribution in [1.82, 2.24) is 4.98 Å². The summed E-state index contributed by atoms with van der Waals surface area (Å²) in [5.74, 6) is -3.48. The Labute approximate surface area is 190 Å². The van der Waals surface area contributed by atoms with E-state index in [9.17, 15) is 24.6 Å². The maximum Gasteiger partial charge on any atom is 0.342 e. The predicted octanol–water partition coefficient (Wildman–Crippen LogP) is 3.91. The zero-order valence-corrected chi connectivity index (χ0v) is 18.0. The lowest BCUT2D eigenvalue weighted by atomic mass is 9.94. The molecule has 0 saturated heterocycles. The molecular formula is C21H16Cl2N2O7. The second kappa shape index (κ2) is 9.21. The number of nitrogens with one attached hydrogen (secondary N) is 1. The van der Waals surface area contributed by atoms with E-state index in [-0.39, 0.29) is 23.7 Å². The summed E-state index contributed by atoms with van der Waals surface area (Å²) in [6.45, 7) is -0.0479. The Bertz CT molecular complexity index is 1290. The highest BCUT2D eigenvalue weighted by Crippen LogP contribution is 2.42. The van der Waals surface area contributed by atoms with Crippen molar-refractivity contribution < 1.29 is 29.3 Å². The number of anilines is 1. The van der Waals surface area contributed by atoms with E-state index in [1.165, 1.54) is 25.3 Å². The number of aromatic amines is 1. The number of benzene rings is 2. The van der Waals surface area contributed by atoms with Gasteiger partial charge in [0.25, 0.3) is 5.56 Å². The van der Waals surface area contributed by atoms with Crippen molar-refractivity contribution in [2.75, 3.05) is 12.8 Å². The molecular weight excluding hydrogens is 463 g/mol. The van der Waals surface area contributed by atoms with Crippen LogP contribution in [0.1, 0.15) is 26.3 Å². The van der Waals surface area contributed by atoms with Crippen molar-refractivity contribution in [3.63, 3.8) is 0 Å². The number of methoxy groups -OCH3 is 1. The summed E-state index contributed by atoms with van der Waals surface area (Å²) >= 11 is 12.0. The first-order valence-electron chi connectivity index (χ1n) is 8.92. The summed E-state index contributed by atoms with van der Waals surface area (Å²) in [5.41, 5.74) is 3.48. The van der Waals surface area contributed by atoms with E-state index >= 15 is 0 Å². The van der Waals surface area contributed by atoms with E-state index in [1.54, 1.807) is 18.2 Å². The van der Waals surface area contributed by atoms with Crippen LogP contribution in [0.3, 0.4) is 0 Å². The average molecular weight is 479 g/mol. The van der Waals surface area contributed by atoms with Gasteiger partial charge < -0.3 is 30.4 Å². The van der Waals surface area contributed by atoms with Crippen LogP contribution in [0, 0.1) is 0 Å². The summed E-state index contributed by atoms with van der Waals surface area (Å²) in [5, 5.41) is 20.0. The molecule has 5 N–H and O–H groups in total. The number of para-hydroxylation sites is 1. The smallest absolute Gasteiger partial charge is 0.342 e. The number of carbonyl (C=O) groups is 2. The van der Waals surface area contributed by atoms with E-state index in [0.29, 0.717) is 15.6 Å². The third-order valence-electron chi connectivity index (χ3n) is 4.51. The molecule has 0 unspecified atom stereocenters. The quantitative estimate of drug-likeness (QED) is 0.398. The second-order valence-corrected chi connectivity index (χ2v) is 7.29. The Balaban J connectivity index is 2.25. The van der Waals surface area contributed by atoms with Crippen LogP contribution in [-0.2, 0) is 6.61 Å². The minimum atomic E-state index is -1.64. The van der Waals surface area contributed by atoms with Gasteiger partial charge in [0, 0.05) is 11.1 Å². The highest BCUT2D eigenvalue weighted by atomic mass is 35.5. The molecule has 1 heterocycles. The monoisotopic (exact) mass is 478 g/mol. The van der Waals surface area contributed by atoms with Crippen molar-refractivity contribution in [3.05, 3.63) is 73.5 Å². The number of carboxylic acid groups (broad SMARTS) is 2.